The second-order valence-corrected chi connectivity index (χ2v) is 3.71. The lowest BCUT2D eigenvalue weighted by molar-refractivity contribution is 0.584. The molecule has 2 N–H and O–H groups in total. The number of H-pyrrole nitrogens is 1. The lowest BCUT2D eigenvalue weighted by Crippen LogP contribution is -2.17. The molecule has 80 valence electrons. The van der Waals surface area contributed by atoms with Gasteiger partial charge in [0.05, 0.1) is 5.69 Å². The first kappa shape index (κ1) is 11.2. The third-order valence-corrected chi connectivity index (χ3v) is 2.67. The molecule has 0 radical (unpaired) electrons. The first-order valence-electron chi connectivity index (χ1n) is 5.42. The van der Waals surface area contributed by atoms with Gasteiger partial charge in [-0.2, -0.15) is 0 Å². The highest BCUT2D eigenvalue weighted by Gasteiger charge is 2.13. The van der Waals surface area contributed by atoms with Crippen LogP contribution in [0.5, 0.6) is 0 Å². The van der Waals surface area contributed by atoms with Gasteiger partial charge in [0.15, 0.2) is 0 Å². The summed E-state index contributed by atoms with van der Waals surface area (Å²) in [5.74, 6) is 1.65. The third kappa shape index (κ3) is 2.35. The number of nitrogens with zero attached hydrogens (tertiary/aromatic N) is 1. The number of rotatable bonds is 5. The highest BCUT2D eigenvalue weighted by molar-refractivity contribution is 5.15. The van der Waals surface area contributed by atoms with Crippen molar-refractivity contribution in [2.75, 3.05) is 13.6 Å². The maximum Gasteiger partial charge on any atom is 0.110 e. The van der Waals surface area contributed by atoms with Gasteiger partial charge in [0, 0.05) is 18.2 Å². The van der Waals surface area contributed by atoms with Crippen LogP contribution >= 0.6 is 0 Å². The number of aromatic amines is 1. The smallest absolute Gasteiger partial charge is 0.110 e. The molecule has 0 saturated carbocycles. The molecule has 0 aromatic carbocycles. The molecular weight excluding hydrogens is 174 g/mol. The molecular formula is C11H21N3. The largest absolute Gasteiger partial charge is 0.346 e. The first-order valence-corrected chi connectivity index (χ1v) is 5.42. The van der Waals surface area contributed by atoms with Crippen molar-refractivity contribution < 1.29 is 0 Å². The van der Waals surface area contributed by atoms with Crippen molar-refractivity contribution in [3.8, 4) is 0 Å². The summed E-state index contributed by atoms with van der Waals surface area (Å²) in [5.41, 5.74) is 2.42. The minimum atomic E-state index is 0.513. The average Bonchev–Trinajstić information content (AvgIpc) is 2.56. The third-order valence-electron chi connectivity index (χ3n) is 2.67. The fourth-order valence-corrected chi connectivity index (χ4v) is 1.74. The quantitative estimate of drug-likeness (QED) is 0.754. The van der Waals surface area contributed by atoms with Crippen molar-refractivity contribution >= 4 is 0 Å². The van der Waals surface area contributed by atoms with Gasteiger partial charge >= 0.3 is 0 Å². The number of imidazole rings is 1. The first-order chi connectivity index (χ1) is 6.72. The summed E-state index contributed by atoms with van der Waals surface area (Å²) in [6.45, 7) is 7.44. The van der Waals surface area contributed by atoms with Crippen LogP contribution in [0.4, 0.5) is 0 Å². The molecule has 0 saturated heterocycles. The van der Waals surface area contributed by atoms with Gasteiger partial charge in [0.1, 0.15) is 5.82 Å². The zero-order valence-electron chi connectivity index (χ0n) is 9.65. The van der Waals surface area contributed by atoms with Crippen LogP contribution in [0.25, 0.3) is 0 Å². The van der Waals surface area contributed by atoms with E-state index in [1.807, 2.05) is 7.05 Å². The summed E-state index contributed by atoms with van der Waals surface area (Å²) in [7, 11) is 1.99. The minimum Gasteiger partial charge on any atom is -0.346 e. The highest BCUT2D eigenvalue weighted by atomic mass is 15.0. The predicted molar refractivity (Wildman–Crippen MR) is 59.7 cm³/mol. The summed E-state index contributed by atoms with van der Waals surface area (Å²) in [5, 5.41) is 3.20. The van der Waals surface area contributed by atoms with E-state index in [-0.39, 0.29) is 0 Å². The molecule has 0 aliphatic rings. The van der Waals surface area contributed by atoms with Crippen molar-refractivity contribution in [2.45, 2.75) is 39.5 Å². The van der Waals surface area contributed by atoms with Gasteiger partial charge in [-0.3, -0.25) is 0 Å². The molecule has 0 bridgehead atoms. The summed E-state index contributed by atoms with van der Waals surface area (Å²) < 4.78 is 0. The van der Waals surface area contributed by atoms with Crippen LogP contribution in [0.1, 0.15) is 43.4 Å². The fraction of sp³-hybridized carbons (Fsp3) is 0.727. The van der Waals surface area contributed by atoms with Crippen LogP contribution in [0.3, 0.4) is 0 Å². The van der Waals surface area contributed by atoms with Crippen molar-refractivity contribution in [2.24, 2.45) is 0 Å². The second kappa shape index (κ2) is 5.15. The number of hydrogen-bond acceptors (Lipinski definition) is 2. The number of likely N-dealkylation sites (N-methyl/N-ethyl adjacent to an activating group) is 1. The van der Waals surface area contributed by atoms with Crippen molar-refractivity contribution in [3.63, 3.8) is 0 Å². The van der Waals surface area contributed by atoms with Gasteiger partial charge in [0.2, 0.25) is 0 Å². The van der Waals surface area contributed by atoms with E-state index in [9.17, 15) is 0 Å². The number of aryl methyl sites for hydroxylation is 2. The van der Waals surface area contributed by atoms with E-state index >= 15 is 0 Å². The molecule has 0 aliphatic carbocycles. The Hall–Kier alpha value is -0.830. The highest BCUT2D eigenvalue weighted by Crippen LogP contribution is 2.17. The maximum absolute atomic E-state index is 4.62. The van der Waals surface area contributed by atoms with Crippen LogP contribution in [0, 0.1) is 6.92 Å². The van der Waals surface area contributed by atoms with Gasteiger partial charge in [0.25, 0.3) is 0 Å². The lowest BCUT2D eigenvalue weighted by Gasteiger charge is -2.10. The standard InChI is InChI=1S/C11H21N3/c1-5-9(7-12-4)11-13-8(3)10(6-2)14-11/h9,12H,5-7H2,1-4H3,(H,13,14). The molecule has 0 fully saturated rings. The Labute approximate surface area is 86.3 Å². The van der Waals surface area contributed by atoms with Crippen molar-refractivity contribution in [1.29, 1.82) is 0 Å². The second-order valence-electron chi connectivity index (χ2n) is 3.71. The molecule has 1 aromatic heterocycles. The lowest BCUT2D eigenvalue weighted by atomic mass is 10.1. The molecule has 3 heteroatoms. The van der Waals surface area contributed by atoms with Crippen molar-refractivity contribution in [3.05, 3.63) is 17.2 Å². The van der Waals surface area contributed by atoms with Gasteiger partial charge in [-0.25, -0.2) is 4.98 Å². The maximum atomic E-state index is 4.62. The van der Waals surface area contributed by atoms with Crippen molar-refractivity contribution in [1.82, 2.24) is 15.3 Å². The summed E-state index contributed by atoms with van der Waals surface area (Å²) in [4.78, 5) is 8.00. The van der Waals surface area contributed by atoms with Crippen LogP contribution in [0.2, 0.25) is 0 Å². The average molecular weight is 195 g/mol. The van der Waals surface area contributed by atoms with Gasteiger partial charge in [-0.15, -0.1) is 0 Å². The molecule has 0 spiro atoms. The Bertz CT molecular complexity index is 278. The van der Waals surface area contributed by atoms with Crippen LogP contribution in [-0.4, -0.2) is 23.6 Å². The van der Waals surface area contributed by atoms with E-state index in [2.05, 4.69) is 36.1 Å². The van der Waals surface area contributed by atoms with Crippen LogP contribution in [0.15, 0.2) is 0 Å². The molecule has 1 aromatic rings. The van der Waals surface area contributed by atoms with Gasteiger partial charge in [-0.05, 0) is 26.8 Å². The van der Waals surface area contributed by atoms with E-state index in [1.54, 1.807) is 0 Å². The molecule has 1 atom stereocenters. The Balaban J connectivity index is 2.82. The topological polar surface area (TPSA) is 40.7 Å². The van der Waals surface area contributed by atoms with E-state index in [1.165, 1.54) is 11.4 Å². The Kier molecular flexibility index (Phi) is 4.14. The van der Waals surface area contributed by atoms with Crippen LogP contribution < -0.4 is 5.32 Å². The van der Waals surface area contributed by atoms with E-state index in [4.69, 9.17) is 0 Å². The number of nitrogens with one attached hydrogen (secondary N) is 2. The fourth-order valence-electron chi connectivity index (χ4n) is 1.74. The zero-order valence-corrected chi connectivity index (χ0v) is 9.65. The molecule has 3 nitrogen and oxygen atoms in total. The number of hydrogen-bond donors (Lipinski definition) is 2. The zero-order chi connectivity index (χ0) is 10.6. The monoisotopic (exact) mass is 195 g/mol. The summed E-state index contributed by atoms with van der Waals surface area (Å²) >= 11 is 0. The Morgan fingerprint density at radius 1 is 1.43 bits per heavy atom. The SMILES string of the molecule is CCc1nc(C(CC)CNC)[nH]c1C. The molecule has 1 rings (SSSR count). The van der Waals surface area contributed by atoms with E-state index < -0.39 is 0 Å². The summed E-state index contributed by atoms with van der Waals surface area (Å²) in [6, 6.07) is 0. The van der Waals surface area contributed by atoms with E-state index in [0.29, 0.717) is 5.92 Å². The summed E-state index contributed by atoms with van der Waals surface area (Å²) in [6.07, 6.45) is 2.13. The molecule has 0 aliphatic heterocycles. The van der Waals surface area contributed by atoms with E-state index in [0.717, 1.165) is 25.2 Å². The normalized spacial score (nSPS) is 13.1. The molecule has 1 unspecified atom stereocenters. The number of aromatic nitrogens is 2. The predicted octanol–water partition coefficient (Wildman–Crippen LogP) is 1.99. The molecule has 14 heavy (non-hydrogen) atoms. The molecule has 1 heterocycles. The van der Waals surface area contributed by atoms with Gasteiger partial charge < -0.3 is 10.3 Å². The Morgan fingerprint density at radius 3 is 2.57 bits per heavy atom. The van der Waals surface area contributed by atoms with Crippen LogP contribution in [-0.2, 0) is 6.42 Å². The Morgan fingerprint density at radius 2 is 2.14 bits per heavy atom. The minimum absolute atomic E-state index is 0.513. The van der Waals surface area contributed by atoms with Gasteiger partial charge in [-0.1, -0.05) is 13.8 Å². The molecule has 0 amide bonds.